The first-order valence-corrected chi connectivity index (χ1v) is 8.18. The Morgan fingerprint density at radius 1 is 1.29 bits per heavy atom. The predicted octanol–water partition coefficient (Wildman–Crippen LogP) is 3.68. The van der Waals surface area contributed by atoms with Crippen LogP contribution in [0.4, 0.5) is 0 Å². The van der Waals surface area contributed by atoms with E-state index < -0.39 is 6.10 Å². The lowest BCUT2D eigenvalue weighted by Gasteiger charge is -2.24. The molecule has 0 aliphatic carbocycles. The number of amides is 1. The number of carbonyl (C=O) groups excluding carboxylic acids is 1. The van der Waals surface area contributed by atoms with Crippen molar-refractivity contribution >= 4 is 21.8 Å². The summed E-state index contributed by atoms with van der Waals surface area (Å²) in [5.74, 6) is 0.00389. The van der Waals surface area contributed by atoms with Gasteiger partial charge >= 0.3 is 0 Å². The molecule has 118 valence electrons. The fourth-order valence-electron chi connectivity index (χ4n) is 2.15. The van der Waals surface area contributed by atoms with Gasteiger partial charge in [0.2, 0.25) is 5.91 Å². The molecule has 1 aromatic carbocycles. The number of halogens is 1. The van der Waals surface area contributed by atoms with Crippen molar-refractivity contribution in [2.45, 2.75) is 59.1 Å². The lowest BCUT2D eigenvalue weighted by molar-refractivity contribution is -0.124. The van der Waals surface area contributed by atoms with Gasteiger partial charge in [-0.2, -0.15) is 0 Å². The molecule has 21 heavy (non-hydrogen) atoms. The second-order valence-electron chi connectivity index (χ2n) is 6.82. The Kier molecular flexibility index (Phi) is 6.88. The van der Waals surface area contributed by atoms with E-state index in [0.29, 0.717) is 6.42 Å². The topological polar surface area (TPSA) is 49.3 Å². The molecular formula is C17H26BrNO2. The molecule has 0 aliphatic rings. The maximum atomic E-state index is 12.0. The molecule has 1 unspecified atom stereocenters. The van der Waals surface area contributed by atoms with Crippen LogP contribution in [-0.4, -0.2) is 23.2 Å². The Morgan fingerprint density at radius 2 is 1.86 bits per heavy atom. The first-order valence-electron chi connectivity index (χ1n) is 7.39. The van der Waals surface area contributed by atoms with Crippen LogP contribution >= 0.6 is 15.9 Å². The minimum atomic E-state index is -0.552. The zero-order valence-corrected chi connectivity index (χ0v) is 14.9. The highest BCUT2D eigenvalue weighted by Gasteiger charge is 2.21. The van der Waals surface area contributed by atoms with Crippen molar-refractivity contribution in [1.29, 1.82) is 0 Å². The van der Waals surface area contributed by atoms with Gasteiger partial charge in [0, 0.05) is 10.9 Å². The number of hydrogen-bond donors (Lipinski definition) is 2. The summed E-state index contributed by atoms with van der Waals surface area (Å²) in [4.78, 5) is 12.0. The van der Waals surface area contributed by atoms with Gasteiger partial charge in [0.05, 0.1) is 12.1 Å². The smallest absolute Gasteiger partial charge is 0.220 e. The van der Waals surface area contributed by atoms with Crippen molar-refractivity contribution < 1.29 is 9.90 Å². The lowest BCUT2D eigenvalue weighted by Crippen LogP contribution is -2.43. The summed E-state index contributed by atoms with van der Waals surface area (Å²) in [5.41, 5.74) is 1.16. The molecule has 0 saturated carbocycles. The number of benzene rings is 1. The molecule has 0 saturated heterocycles. The average Bonchev–Trinajstić information content (AvgIpc) is 2.33. The van der Waals surface area contributed by atoms with Crippen molar-refractivity contribution in [3.05, 3.63) is 34.3 Å². The first kappa shape index (κ1) is 18.2. The van der Waals surface area contributed by atoms with E-state index in [0.717, 1.165) is 17.3 Å². The van der Waals surface area contributed by atoms with Crippen LogP contribution in [0.5, 0.6) is 0 Å². The van der Waals surface area contributed by atoms with Crippen molar-refractivity contribution in [3.8, 4) is 0 Å². The van der Waals surface area contributed by atoms with Gasteiger partial charge in [-0.15, -0.1) is 0 Å². The number of aliphatic hydroxyl groups excluding tert-OH is 1. The monoisotopic (exact) mass is 355 g/mol. The summed E-state index contributed by atoms with van der Waals surface area (Å²) in [7, 11) is 0. The maximum Gasteiger partial charge on any atom is 0.220 e. The molecular weight excluding hydrogens is 330 g/mol. The molecule has 0 fully saturated rings. The molecule has 3 nitrogen and oxygen atoms in total. The molecule has 0 aliphatic heterocycles. The second-order valence-corrected chi connectivity index (χ2v) is 7.73. The van der Waals surface area contributed by atoms with Crippen molar-refractivity contribution in [3.63, 3.8) is 0 Å². The molecule has 0 spiro atoms. The van der Waals surface area contributed by atoms with E-state index >= 15 is 0 Å². The number of hydrogen-bond acceptors (Lipinski definition) is 2. The van der Waals surface area contributed by atoms with Gasteiger partial charge in [-0.1, -0.05) is 48.8 Å². The number of aliphatic hydroxyl groups is 1. The van der Waals surface area contributed by atoms with Crippen molar-refractivity contribution in [2.24, 2.45) is 5.41 Å². The third-order valence-corrected chi connectivity index (χ3v) is 3.81. The predicted molar refractivity (Wildman–Crippen MR) is 90.1 cm³/mol. The zero-order chi connectivity index (χ0) is 16.0. The molecule has 1 amide bonds. The number of carbonyl (C=O) groups is 1. The first-order chi connectivity index (χ1) is 9.67. The Balaban J connectivity index is 2.54. The normalized spacial score (nSPS) is 14.6. The van der Waals surface area contributed by atoms with Crippen LogP contribution in [0.25, 0.3) is 0 Å². The molecule has 2 atom stereocenters. The van der Waals surface area contributed by atoms with Gasteiger partial charge in [0.25, 0.3) is 0 Å². The molecule has 2 N–H and O–H groups in total. The van der Waals surface area contributed by atoms with E-state index in [1.807, 2.05) is 32.9 Å². The van der Waals surface area contributed by atoms with Crippen LogP contribution in [0, 0.1) is 5.41 Å². The maximum absolute atomic E-state index is 12.0. The summed E-state index contributed by atoms with van der Waals surface area (Å²) >= 11 is 3.41. The summed E-state index contributed by atoms with van der Waals surface area (Å²) in [6, 6.07) is 7.92. The van der Waals surface area contributed by atoms with E-state index in [-0.39, 0.29) is 17.4 Å². The minimum Gasteiger partial charge on any atom is -0.391 e. The summed E-state index contributed by atoms with van der Waals surface area (Å²) < 4.78 is 1.05. The molecule has 1 aromatic rings. The highest BCUT2D eigenvalue weighted by Crippen LogP contribution is 2.19. The van der Waals surface area contributed by atoms with E-state index in [9.17, 15) is 9.90 Å². The number of nitrogens with one attached hydrogen (secondary N) is 1. The molecule has 1 rings (SSSR count). The molecule has 0 aromatic heterocycles. The van der Waals surface area contributed by atoms with E-state index in [4.69, 9.17) is 0 Å². The average molecular weight is 356 g/mol. The Labute approximate surface area is 136 Å². The van der Waals surface area contributed by atoms with Crippen LogP contribution in [0.3, 0.4) is 0 Å². The van der Waals surface area contributed by atoms with Crippen LogP contribution in [-0.2, 0) is 11.2 Å². The van der Waals surface area contributed by atoms with E-state index in [1.54, 1.807) is 6.92 Å². The quantitative estimate of drug-likeness (QED) is 0.817. The summed E-state index contributed by atoms with van der Waals surface area (Å²) in [6.07, 6.45) is 1.48. The summed E-state index contributed by atoms with van der Waals surface area (Å²) in [6.45, 7) is 7.83. The SMILES string of the molecule is CC(O)[C@H](CCc1ccc(Br)cc1)NC(=O)CC(C)(C)C. The minimum absolute atomic E-state index is 0.00389. The Bertz CT molecular complexity index is 449. The molecule has 0 radical (unpaired) electrons. The van der Waals surface area contributed by atoms with Crippen LogP contribution < -0.4 is 5.32 Å². The molecule has 4 heteroatoms. The van der Waals surface area contributed by atoms with Crippen LogP contribution in [0.2, 0.25) is 0 Å². The van der Waals surface area contributed by atoms with E-state index in [2.05, 4.69) is 33.4 Å². The fourth-order valence-corrected chi connectivity index (χ4v) is 2.41. The standard InChI is InChI=1S/C17H26BrNO2/c1-12(20)15(19-16(21)11-17(2,3)4)10-7-13-5-8-14(18)9-6-13/h5-6,8-9,12,15,20H,7,10-11H2,1-4H3,(H,19,21)/t12?,15-/m0/s1. The molecule has 0 bridgehead atoms. The van der Waals surface area contributed by atoms with Gasteiger partial charge in [0.1, 0.15) is 0 Å². The van der Waals surface area contributed by atoms with Crippen molar-refractivity contribution in [1.82, 2.24) is 5.32 Å². The molecule has 0 heterocycles. The van der Waals surface area contributed by atoms with Crippen LogP contribution in [0.1, 0.15) is 46.1 Å². The summed E-state index contributed by atoms with van der Waals surface area (Å²) in [5, 5.41) is 12.8. The highest BCUT2D eigenvalue weighted by molar-refractivity contribution is 9.10. The highest BCUT2D eigenvalue weighted by atomic mass is 79.9. The van der Waals surface area contributed by atoms with Gasteiger partial charge in [-0.25, -0.2) is 0 Å². The van der Waals surface area contributed by atoms with Gasteiger partial charge < -0.3 is 10.4 Å². The lowest BCUT2D eigenvalue weighted by atomic mass is 9.91. The van der Waals surface area contributed by atoms with Crippen molar-refractivity contribution in [2.75, 3.05) is 0 Å². The van der Waals surface area contributed by atoms with Gasteiger partial charge in [-0.05, 0) is 42.9 Å². The van der Waals surface area contributed by atoms with E-state index in [1.165, 1.54) is 5.56 Å². The third-order valence-electron chi connectivity index (χ3n) is 3.28. The van der Waals surface area contributed by atoms with Crippen LogP contribution in [0.15, 0.2) is 28.7 Å². The Morgan fingerprint density at radius 3 is 2.33 bits per heavy atom. The largest absolute Gasteiger partial charge is 0.391 e. The third kappa shape index (κ3) is 7.63. The Hall–Kier alpha value is -0.870. The fraction of sp³-hybridized carbons (Fsp3) is 0.588. The van der Waals surface area contributed by atoms with Gasteiger partial charge in [-0.3, -0.25) is 4.79 Å². The van der Waals surface area contributed by atoms with Gasteiger partial charge in [0.15, 0.2) is 0 Å². The second kappa shape index (κ2) is 7.95. The number of aryl methyl sites for hydroxylation is 1. The zero-order valence-electron chi connectivity index (χ0n) is 13.3. The number of rotatable bonds is 6.